The standard InChI is InChI=1S/C14H14BrNO3/c1-9-4-13(15)14(16-8-9)19-12-6-10(17-2)5-11(7-12)18-3/h4-8H,1-3H3. The van der Waals surface area contributed by atoms with Crippen LogP contribution in [0, 0.1) is 6.92 Å². The second-order valence-corrected chi connectivity index (χ2v) is 4.80. The van der Waals surface area contributed by atoms with E-state index in [4.69, 9.17) is 14.2 Å². The largest absolute Gasteiger partial charge is 0.496 e. The summed E-state index contributed by atoms with van der Waals surface area (Å²) in [5.41, 5.74) is 1.06. The van der Waals surface area contributed by atoms with Gasteiger partial charge in [-0.1, -0.05) is 0 Å². The van der Waals surface area contributed by atoms with E-state index in [-0.39, 0.29) is 0 Å². The van der Waals surface area contributed by atoms with Crippen LogP contribution < -0.4 is 14.2 Å². The van der Waals surface area contributed by atoms with Crippen molar-refractivity contribution < 1.29 is 14.2 Å². The second kappa shape index (κ2) is 5.93. The number of rotatable bonds is 4. The van der Waals surface area contributed by atoms with Crippen LogP contribution in [0.5, 0.6) is 23.1 Å². The van der Waals surface area contributed by atoms with Gasteiger partial charge in [0.1, 0.15) is 17.2 Å². The molecule has 0 saturated carbocycles. The van der Waals surface area contributed by atoms with Crippen molar-refractivity contribution in [3.63, 3.8) is 0 Å². The van der Waals surface area contributed by atoms with E-state index in [9.17, 15) is 0 Å². The van der Waals surface area contributed by atoms with E-state index in [1.54, 1.807) is 38.6 Å². The molecule has 1 aromatic heterocycles. The summed E-state index contributed by atoms with van der Waals surface area (Å²) >= 11 is 3.43. The Kier molecular flexibility index (Phi) is 4.27. The third-order valence-corrected chi connectivity index (χ3v) is 3.05. The predicted molar refractivity (Wildman–Crippen MR) is 76.3 cm³/mol. The topological polar surface area (TPSA) is 40.6 Å². The molecule has 1 heterocycles. The summed E-state index contributed by atoms with van der Waals surface area (Å²) in [6.07, 6.45) is 1.75. The maximum atomic E-state index is 5.73. The van der Waals surface area contributed by atoms with E-state index in [2.05, 4.69) is 20.9 Å². The summed E-state index contributed by atoms with van der Waals surface area (Å²) in [7, 11) is 3.19. The molecule has 0 aliphatic heterocycles. The average molecular weight is 324 g/mol. The Bertz CT molecular complexity index is 565. The lowest BCUT2D eigenvalue weighted by molar-refractivity contribution is 0.384. The number of aromatic nitrogens is 1. The number of methoxy groups -OCH3 is 2. The van der Waals surface area contributed by atoms with E-state index >= 15 is 0 Å². The molecule has 0 aliphatic carbocycles. The van der Waals surface area contributed by atoms with Crippen LogP contribution in [-0.2, 0) is 0 Å². The van der Waals surface area contributed by atoms with Gasteiger partial charge in [-0.3, -0.25) is 0 Å². The molecule has 2 aromatic rings. The summed E-state index contributed by atoms with van der Waals surface area (Å²) < 4.78 is 16.9. The quantitative estimate of drug-likeness (QED) is 0.853. The molecule has 19 heavy (non-hydrogen) atoms. The number of nitrogens with zero attached hydrogens (tertiary/aromatic N) is 1. The molecule has 0 radical (unpaired) electrons. The Morgan fingerprint density at radius 1 is 0.947 bits per heavy atom. The minimum absolute atomic E-state index is 0.501. The molecule has 0 aliphatic rings. The van der Waals surface area contributed by atoms with Gasteiger partial charge >= 0.3 is 0 Å². The average Bonchev–Trinajstić information content (AvgIpc) is 2.41. The van der Waals surface area contributed by atoms with Gasteiger partial charge in [0.05, 0.1) is 18.7 Å². The van der Waals surface area contributed by atoms with Crippen molar-refractivity contribution in [2.45, 2.75) is 6.92 Å². The first-order valence-electron chi connectivity index (χ1n) is 5.65. The third kappa shape index (κ3) is 3.38. The van der Waals surface area contributed by atoms with E-state index in [0.717, 1.165) is 10.0 Å². The highest BCUT2D eigenvalue weighted by Crippen LogP contribution is 2.33. The molecule has 2 rings (SSSR count). The Morgan fingerprint density at radius 3 is 2.05 bits per heavy atom. The monoisotopic (exact) mass is 323 g/mol. The van der Waals surface area contributed by atoms with Gasteiger partial charge in [0, 0.05) is 24.4 Å². The lowest BCUT2D eigenvalue weighted by Gasteiger charge is -2.10. The zero-order valence-corrected chi connectivity index (χ0v) is 12.5. The van der Waals surface area contributed by atoms with Crippen molar-refractivity contribution in [3.05, 3.63) is 40.5 Å². The van der Waals surface area contributed by atoms with Crippen molar-refractivity contribution in [1.29, 1.82) is 0 Å². The zero-order chi connectivity index (χ0) is 13.8. The fourth-order valence-electron chi connectivity index (χ4n) is 1.55. The molecule has 100 valence electrons. The van der Waals surface area contributed by atoms with Gasteiger partial charge in [0.25, 0.3) is 0 Å². The molecular weight excluding hydrogens is 310 g/mol. The summed E-state index contributed by atoms with van der Waals surface area (Å²) in [5, 5.41) is 0. The smallest absolute Gasteiger partial charge is 0.233 e. The van der Waals surface area contributed by atoms with E-state index in [1.165, 1.54) is 0 Å². The fourth-order valence-corrected chi connectivity index (χ4v) is 2.09. The molecule has 0 fully saturated rings. The number of pyridine rings is 1. The number of hydrogen-bond acceptors (Lipinski definition) is 4. The van der Waals surface area contributed by atoms with Crippen LogP contribution in [0.3, 0.4) is 0 Å². The SMILES string of the molecule is COc1cc(OC)cc(Oc2ncc(C)cc2Br)c1. The molecule has 0 saturated heterocycles. The van der Waals surface area contributed by atoms with Crippen molar-refractivity contribution in [2.75, 3.05) is 14.2 Å². The molecule has 0 unspecified atom stereocenters. The normalized spacial score (nSPS) is 10.1. The van der Waals surface area contributed by atoms with Crippen LogP contribution in [0.4, 0.5) is 0 Å². The molecule has 0 N–H and O–H groups in total. The van der Waals surface area contributed by atoms with E-state index in [1.807, 2.05) is 13.0 Å². The van der Waals surface area contributed by atoms with Crippen LogP contribution in [-0.4, -0.2) is 19.2 Å². The molecule has 1 aromatic carbocycles. The minimum atomic E-state index is 0.501. The van der Waals surface area contributed by atoms with Crippen molar-refractivity contribution >= 4 is 15.9 Å². The van der Waals surface area contributed by atoms with Crippen molar-refractivity contribution in [3.8, 4) is 23.1 Å². The molecule has 0 bridgehead atoms. The first-order valence-corrected chi connectivity index (χ1v) is 6.44. The van der Waals surface area contributed by atoms with Gasteiger partial charge in [0.2, 0.25) is 5.88 Å². The Labute approximate surface area is 120 Å². The van der Waals surface area contributed by atoms with Gasteiger partial charge < -0.3 is 14.2 Å². The first-order chi connectivity index (χ1) is 9.12. The Hall–Kier alpha value is -1.75. The van der Waals surface area contributed by atoms with Crippen LogP contribution in [0.2, 0.25) is 0 Å². The highest BCUT2D eigenvalue weighted by molar-refractivity contribution is 9.10. The Morgan fingerprint density at radius 2 is 1.53 bits per heavy atom. The summed E-state index contributed by atoms with van der Waals surface area (Å²) in [6.45, 7) is 1.97. The minimum Gasteiger partial charge on any atom is -0.496 e. The predicted octanol–water partition coefficient (Wildman–Crippen LogP) is 3.96. The lowest BCUT2D eigenvalue weighted by Crippen LogP contribution is -1.93. The van der Waals surface area contributed by atoms with Crippen LogP contribution >= 0.6 is 15.9 Å². The van der Waals surface area contributed by atoms with Crippen LogP contribution in [0.15, 0.2) is 34.9 Å². The lowest BCUT2D eigenvalue weighted by atomic mass is 10.3. The fraction of sp³-hybridized carbons (Fsp3) is 0.214. The molecular formula is C14H14BrNO3. The molecule has 0 spiro atoms. The molecule has 4 nitrogen and oxygen atoms in total. The number of halogens is 1. The summed E-state index contributed by atoms with van der Waals surface area (Å²) in [6, 6.07) is 7.28. The van der Waals surface area contributed by atoms with Crippen LogP contribution in [0.25, 0.3) is 0 Å². The van der Waals surface area contributed by atoms with Gasteiger partial charge in [-0.05, 0) is 34.5 Å². The first kappa shape index (κ1) is 13.7. The maximum Gasteiger partial charge on any atom is 0.233 e. The number of aryl methyl sites for hydroxylation is 1. The number of hydrogen-bond donors (Lipinski definition) is 0. The summed E-state index contributed by atoms with van der Waals surface area (Å²) in [4.78, 5) is 4.23. The van der Waals surface area contributed by atoms with Gasteiger partial charge in [-0.2, -0.15) is 0 Å². The zero-order valence-electron chi connectivity index (χ0n) is 10.9. The Balaban J connectivity index is 2.31. The molecule has 5 heteroatoms. The van der Waals surface area contributed by atoms with Crippen LogP contribution in [0.1, 0.15) is 5.56 Å². The second-order valence-electron chi connectivity index (χ2n) is 3.95. The third-order valence-electron chi connectivity index (χ3n) is 2.48. The molecule has 0 amide bonds. The van der Waals surface area contributed by atoms with Gasteiger partial charge in [-0.15, -0.1) is 0 Å². The highest BCUT2D eigenvalue weighted by atomic mass is 79.9. The molecule has 0 atom stereocenters. The summed E-state index contributed by atoms with van der Waals surface area (Å²) in [5.74, 6) is 2.43. The van der Waals surface area contributed by atoms with Gasteiger partial charge in [-0.25, -0.2) is 4.98 Å². The number of benzene rings is 1. The highest BCUT2D eigenvalue weighted by Gasteiger charge is 2.08. The maximum absolute atomic E-state index is 5.73. The van der Waals surface area contributed by atoms with Crippen molar-refractivity contribution in [2.24, 2.45) is 0 Å². The number of ether oxygens (including phenoxy) is 3. The van der Waals surface area contributed by atoms with Gasteiger partial charge in [0.15, 0.2) is 0 Å². The van der Waals surface area contributed by atoms with Crippen molar-refractivity contribution in [1.82, 2.24) is 4.98 Å². The van der Waals surface area contributed by atoms with E-state index < -0.39 is 0 Å². The van der Waals surface area contributed by atoms with E-state index in [0.29, 0.717) is 23.1 Å².